The summed E-state index contributed by atoms with van der Waals surface area (Å²) in [7, 11) is 1.75. The van der Waals surface area contributed by atoms with Gasteiger partial charge in [0.25, 0.3) is 0 Å². The summed E-state index contributed by atoms with van der Waals surface area (Å²) in [5.74, 6) is -0.190. The van der Waals surface area contributed by atoms with Crippen LogP contribution in [-0.4, -0.2) is 52.1 Å². The molecule has 1 atom stereocenters. The van der Waals surface area contributed by atoms with Crippen LogP contribution in [0.25, 0.3) is 0 Å². The first-order valence-corrected chi connectivity index (χ1v) is 7.53. The van der Waals surface area contributed by atoms with E-state index in [0.717, 1.165) is 11.3 Å². The topological polar surface area (TPSA) is 82.5 Å². The van der Waals surface area contributed by atoms with Crippen LogP contribution in [0.3, 0.4) is 0 Å². The van der Waals surface area contributed by atoms with Gasteiger partial charge in [-0.15, -0.1) is 0 Å². The Kier molecular flexibility index (Phi) is 6.30. The lowest BCUT2D eigenvalue weighted by Crippen LogP contribution is -2.43. The van der Waals surface area contributed by atoms with Crippen LogP contribution in [0.1, 0.15) is 23.0 Å². The number of hydrogen-bond donors (Lipinski definition) is 2. The number of nitrogens with one attached hydrogen (secondary N) is 1. The molecule has 20 heavy (non-hydrogen) atoms. The summed E-state index contributed by atoms with van der Waals surface area (Å²) in [5.41, 5.74) is 0.750. The number of nitrogens with zero attached hydrogens (tertiary/aromatic N) is 2. The van der Waals surface area contributed by atoms with Gasteiger partial charge in [-0.25, -0.2) is 14.6 Å². The van der Waals surface area contributed by atoms with Gasteiger partial charge >= 0.3 is 12.0 Å². The predicted molar refractivity (Wildman–Crippen MR) is 79.0 cm³/mol. The van der Waals surface area contributed by atoms with E-state index in [4.69, 9.17) is 5.11 Å². The van der Waals surface area contributed by atoms with Gasteiger partial charge in [-0.1, -0.05) is 6.07 Å². The molecule has 0 aliphatic carbocycles. The minimum absolute atomic E-state index is 0.00853. The number of carboxylic acids is 1. The zero-order valence-corrected chi connectivity index (χ0v) is 12.6. The quantitative estimate of drug-likeness (QED) is 0.834. The van der Waals surface area contributed by atoms with Crippen molar-refractivity contribution in [3.63, 3.8) is 0 Å². The highest BCUT2D eigenvalue weighted by Crippen LogP contribution is 2.05. The van der Waals surface area contributed by atoms with Gasteiger partial charge in [0.15, 0.2) is 0 Å². The highest BCUT2D eigenvalue weighted by Gasteiger charge is 2.14. The van der Waals surface area contributed by atoms with E-state index in [0.29, 0.717) is 6.54 Å². The highest BCUT2D eigenvalue weighted by atomic mass is 32.2. The summed E-state index contributed by atoms with van der Waals surface area (Å²) in [4.78, 5) is 28.0. The maximum absolute atomic E-state index is 11.9. The Hall–Kier alpha value is -1.76. The monoisotopic (exact) mass is 297 g/mol. The molecular weight excluding hydrogens is 278 g/mol. The molecular formula is C13H19N3O3S. The fraction of sp³-hybridized carbons (Fsp3) is 0.462. The molecule has 0 saturated heterocycles. The molecule has 2 N–H and O–H groups in total. The average Bonchev–Trinajstić information content (AvgIpc) is 2.44. The van der Waals surface area contributed by atoms with Gasteiger partial charge in [0, 0.05) is 31.6 Å². The highest BCUT2D eigenvalue weighted by molar-refractivity contribution is 7.98. The summed E-state index contributed by atoms with van der Waals surface area (Å²) in [6.45, 7) is 2.31. The van der Waals surface area contributed by atoms with Crippen LogP contribution in [0.2, 0.25) is 0 Å². The minimum atomic E-state index is -1.06. The Bertz CT molecular complexity index is 464. The molecule has 1 aromatic heterocycles. The molecule has 0 saturated carbocycles. The molecule has 1 unspecified atom stereocenters. The number of amides is 2. The van der Waals surface area contributed by atoms with Crippen molar-refractivity contribution in [2.45, 2.75) is 19.5 Å². The van der Waals surface area contributed by atoms with E-state index in [9.17, 15) is 9.59 Å². The standard InChI is InChI=1S/C13H19N3O3S/c1-9(8-20-3)16(2)13(19)15-7-10-4-5-11(12(17)18)14-6-10/h4-6,9H,7-8H2,1-3H3,(H,15,19)(H,17,18). The van der Waals surface area contributed by atoms with E-state index in [1.807, 2.05) is 13.2 Å². The van der Waals surface area contributed by atoms with Crippen LogP contribution in [0.5, 0.6) is 0 Å². The molecule has 0 aliphatic rings. The first-order valence-electron chi connectivity index (χ1n) is 6.13. The molecule has 110 valence electrons. The summed E-state index contributed by atoms with van der Waals surface area (Å²) in [5, 5.41) is 11.5. The smallest absolute Gasteiger partial charge is 0.354 e. The Morgan fingerprint density at radius 2 is 2.20 bits per heavy atom. The fourth-order valence-corrected chi connectivity index (χ4v) is 2.22. The second-order valence-corrected chi connectivity index (χ2v) is 5.34. The Balaban J connectivity index is 2.50. The maximum Gasteiger partial charge on any atom is 0.354 e. The third-order valence-corrected chi connectivity index (χ3v) is 3.69. The number of carbonyl (C=O) groups is 2. The van der Waals surface area contributed by atoms with E-state index in [1.54, 1.807) is 29.8 Å². The fourth-order valence-electron chi connectivity index (χ4n) is 1.51. The number of pyridine rings is 1. The number of carbonyl (C=O) groups excluding carboxylic acids is 1. The second kappa shape index (κ2) is 7.74. The van der Waals surface area contributed by atoms with Crippen molar-refractivity contribution in [1.29, 1.82) is 0 Å². The van der Waals surface area contributed by atoms with Crippen LogP contribution in [-0.2, 0) is 6.54 Å². The first kappa shape index (κ1) is 16.3. The molecule has 0 aromatic carbocycles. The van der Waals surface area contributed by atoms with Crippen molar-refractivity contribution in [2.24, 2.45) is 0 Å². The summed E-state index contributed by atoms with van der Waals surface area (Å²) >= 11 is 1.69. The van der Waals surface area contributed by atoms with Crippen LogP contribution in [0.4, 0.5) is 4.79 Å². The van der Waals surface area contributed by atoms with Crippen LogP contribution >= 0.6 is 11.8 Å². The molecule has 1 aromatic rings. The third kappa shape index (κ3) is 4.73. The lowest BCUT2D eigenvalue weighted by atomic mass is 10.2. The zero-order valence-electron chi connectivity index (χ0n) is 11.8. The average molecular weight is 297 g/mol. The van der Waals surface area contributed by atoms with Gasteiger partial charge < -0.3 is 15.3 Å². The molecule has 0 spiro atoms. The largest absolute Gasteiger partial charge is 0.477 e. The van der Waals surface area contributed by atoms with E-state index in [1.165, 1.54) is 12.3 Å². The van der Waals surface area contributed by atoms with Crippen LogP contribution < -0.4 is 5.32 Å². The lowest BCUT2D eigenvalue weighted by Gasteiger charge is -2.24. The van der Waals surface area contributed by atoms with Crippen molar-refractivity contribution in [1.82, 2.24) is 15.2 Å². The van der Waals surface area contributed by atoms with E-state index in [2.05, 4.69) is 10.3 Å². The number of urea groups is 1. The van der Waals surface area contributed by atoms with Gasteiger partial charge in [-0.3, -0.25) is 0 Å². The Labute approximate surface area is 122 Å². The molecule has 0 fully saturated rings. The summed E-state index contributed by atoms with van der Waals surface area (Å²) in [6, 6.07) is 3.05. The minimum Gasteiger partial charge on any atom is -0.477 e. The zero-order chi connectivity index (χ0) is 15.1. The normalized spacial score (nSPS) is 11.8. The second-order valence-electron chi connectivity index (χ2n) is 4.43. The lowest BCUT2D eigenvalue weighted by molar-refractivity contribution is 0.0690. The number of thioether (sulfide) groups is 1. The molecule has 7 heteroatoms. The number of aromatic nitrogens is 1. The van der Waals surface area contributed by atoms with Crippen molar-refractivity contribution in [3.05, 3.63) is 29.6 Å². The summed E-state index contributed by atoms with van der Waals surface area (Å²) in [6.07, 6.45) is 3.45. The Morgan fingerprint density at radius 1 is 1.50 bits per heavy atom. The molecule has 1 heterocycles. The van der Waals surface area contributed by atoms with Gasteiger partial charge in [0.2, 0.25) is 0 Å². The Morgan fingerprint density at radius 3 is 2.70 bits per heavy atom. The molecule has 6 nitrogen and oxygen atoms in total. The SMILES string of the molecule is CSCC(C)N(C)C(=O)NCc1ccc(C(=O)O)nc1. The molecule has 0 radical (unpaired) electrons. The molecule has 1 rings (SSSR count). The molecule has 0 aliphatic heterocycles. The van der Waals surface area contributed by atoms with Gasteiger partial charge in [-0.05, 0) is 24.8 Å². The third-order valence-electron chi connectivity index (χ3n) is 2.88. The van der Waals surface area contributed by atoms with Crippen LogP contribution in [0, 0.1) is 0 Å². The van der Waals surface area contributed by atoms with E-state index in [-0.39, 0.29) is 17.8 Å². The van der Waals surface area contributed by atoms with Crippen LogP contribution in [0.15, 0.2) is 18.3 Å². The van der Waals surface area contributed by atoms with Crippen molar-refractivity contribution in [2.75, 3.05) is 19.1 Å². The number of hydrogen-bond acceptors (Lipinski definition) is 4. The van der Waals surface area contributed by atoms with Crippen molar-refractivity contribution < 1.29 is 14.7 Å². The number of rotatable bonds is 6. The molecule has 2 amide bonds. The maximum atomic E-state index is 11.9. The number of aromatic carboxylic acids is 1. The van der Waals surface area contributed by atoms with Gasteiger partial charge in [-0.2, -0.15) is 11.8 Å². The van der Waals surface area contributed by atoms with E-state index < -0.39 is 5.97 Å². The van der Waals surface area contributed by atoms with Gasteiger partial charge in [0.1, 0.15) is 5.69 Å². The first-order chi connectivity index (χ1) is 9.45. The van der Waals surface area contributed by atoms with E-state index >= 15 is 0 Å². The summed E-state index contributed by atoms with van der Waals surface area (Å²) < 4.78 is 0. The van der Waals surface area contributed by atoms with Crippen molar-refractivity contribution >= 4 is 23.8 Å². The number of carboxylic acid groups (broad SMARTS) is 1. The predicted octanol–water partition coefficient (Wildman–Crippen LogP) is 1.67. The molecule has 0 bridgehead atoms. The van der Waals surface area contributed by atoms with Crippen molar-refractivity contribution in [3.8, 4) is 0 Å². The van der Waals surface area contributed by atoms with Gasteiger partial charge in [0.05, 0.1) is 0 Å².